The van der Waals surface area contributed by atoms with Crippen LogP contribution in [0.1, 0.15) is 28.5 Å². The average Bonchev–Trinajstić information content (AvgIpc) is 3.24. The molecule has 4 rings (SSSR count). The number of pyridine rings is 1. The van der Waals surface area contributed by atoms with Gasteiger partial charge in [0, 0.05) is 36.8 Å². The maximum Gasteiger partial charge on any atom is 0.162 e. The van der Waals surface area contributed by atoms with Crippen molar-refractivity contribution < 1.29 is 9.53 Å². The molecule has 0 aliphatic carbocycles. The molecule has 2 unspecified atom stereocenters. The van der Waals surface area contributed by atoms with Crippen molar-refractivity contribution in [2.45, 2.75) is 20.4 Å². The molecule has 0 spiro atoms. The normalized spacial score (nSPS) is 22.8. The molecule has 2 atom stereocenters. The van der Waals surface area contributed by atoms with Gasteiger partial charge in [0.25, 0.3) is 0 Å². The van der Waals surface area contributed by atoms with Crippen LogP contribution in [0.5, 0.6) is 0 Å². The van der Waals surface area contributed by atoms with Crippen molar-refractivity contribution in [1.82, 2.24) is 14.8 Å². The van der Waals surface area contributed by atoms with Gasteiger partial charge in [-0.05, 0) is 25.5 Å². The van der Waals surface area contributed by atoms with E-state index < -0.39 is 0 Å². The summed E-state index contributed by atoms with van der Waals surface area (Å²) in [5.74, 6) is 2.40. The Labute approximate surface area is 141 Å². The lowest BCUT2D eigenvalue weighted by atomic mass is 10.0. The molecule has 2 saturated heterocycles. The van der Waals surface area contributed by atoms with Crippen molar-refractivity contribution in [3.05, 3.63) is 41.3 Å². The molecular weight excluding hydrogens is 304 g/mol. The van der Waals surface area contributed by atoms with E-state index in [1.807, 2.05) is 6.92 Å². The number of hydrogen-bond acceptors (Lipinski definition) is 5. The minimum absolute atomic E-state index is 0.0370. The predicted molar refractivity (Wildman–Crippen MR) is 90.3 cm³/mol. The molecule has 0 saturated carbocycles. The summed E-state index contributed by atoms with van der Waals surface area (Å²) in [5, 5.41) is 4.26. The molecule has 0 radical (unpaired) electrons. The van der Waals surface area contributed by atoms with Crippen molar-refractivity contribution >= 4 is 11.6 Å². The highest BCUT2D eigenvalue weighted by Crippen LogP contribution is 2.32. The molecule has 0 amide bonds. The zero-order valence-corrected chi connectivity index (χ0v) is 14.1. The fourth-order valence-electron chi connectivity index (χ4n) is 3.60. The van der Waals surface area contributed by atoms with Crippen LogP contribution in [0.2, 0.25) is 0 Å². The van der Waals surface area contributed by atoms with Crippen molar-refractivity contribution in [1.29, 1.82) is 0 Å². The van der Waals surface area contributed by atoms with Crippen molar-refractivity contribution in [3.63, 3.8) is 0 Å². The Balaban J connectivity index is 1.48. The third kappa shape index (κ3) is 2.82. The minimum atomic E-state index is 0.0370. The van der Waals surface area contributed by atoms with E-state index in [0.717, 1.165) is 43.4 Å². The molecule has 2 aromatic rings. The summed E-state index contributed by atoms with van der Waals surface area (Å²) in [5.41, 5.74) is 2.78. The first-order chi connectivity index (χ1) is 11.6. The zero-order valence-electron chi connectivity index (χ0n) is 14.1. The third-order valence-electron chi connectivity index (χ3n) is 5.12. The van der Waals surface area contributed by atoms with E-state index >= 15 is 0 Å². The third-order valence-corrected chi connectivity index (χ3v) is 5.12. The number of fused-ring (bicyclic) bond motifs is 1. The van der Waals surface area contributed by atoms with Gasteiger partial charge < -0.3 is 9.64 Å². The van der Waals surface area contributed by atoms with Gasteiger partial charge >= 0.3 is 0 Å². The molecule has 6 nitrogen and oxygen atoms in total. The molecule has 2 aromatic heterocycles. The molecule has 0 N–H and O–H groups in total. The second-order valence-corrected chi connectivity index (χ2v) is 6.86. The maximum absolute atomic E-state index is 11.4. The summed E-state index contributed by atoms with van der Waals surface area (Å²) in [4.78, 5) is 18.5. The SMILES string of the molecule is CC(=O)c1cnn(Cc2ccc(N3CC4COCC4C3)nc2C)c1. The highest BCUT2D eigenvalue weighted by Gasteiger charge is 2.37. The van der Waals surface area contributed by atoms with Gasteiger partial charge in [-0.15, -0.1) is 0 Å². The Morgan fingerprint density at radius 3 is 2.67 bits per heavy atom. The van der Waals surface area contributed by atoms with Gasteiger partial charge in [-0.3, -0.25) is 9.48 Å². The monoisotopic (exact) mass is 326 g/mol. The molecule has 0 bridgehead atoms. The van der Waals surface area contributed by atoms with E-state index in [9.17, 15) is 4.79 Å². The number of carbonyl (C=O) groups excluding carboxylic acids is 1. The standard InChI is InChI=1S/C18H22N4O2/c1-12-14(8-22-9-15(5-19-22)13(2)23)3-4-18(20-12)21-6-16-10-24-11-17(16)7-21/h3-5,9,16-17H,6-8,10-11H2,1-2H3. The Hall–Kier alpha value is -2.21. The molecular formula is C18H22N4O2. The number of carbonyl (C=O) groups is 1. The predicted octanol–water partition coefficient (Wildman–Crippen LogP) is 1.92. The van der Waals surface area contributed by atoms with Gasteiger partial charge in [-0.1, -0.05) is 6.07 Å². The minimum Gasteiger partial charge on any atom is -0.381 e. The fourth-order valence-corrected chi connectivity index (χ4v) is 3.60. The number of rotatable bonds is 4. The van der Waals surface area contributed by atoms with Crippen molar-refractivity contribution in [2.24, 2.45) is 11.8 Å². The van der Waals surface area contributed by atoms with Crippen LogP contribution in [0.15, 0.2) is 24.5 Å². The molecule has 2 fully saturated rings. The maximum atomic E-state index is 11.4. The summed E-state index contributed by atoms with van der Waals surface area (Å²) in [7, 11) is 0. The lowest BCUT2D eigenvalue weighted by Crippen LogP contribution is -2.23. The van der Waals surface area contributed by atoms with Crippen LogP contribution in [-0.2, 0) is 11.3 Å². The lowest BCUT2D eigenvalue weighted by molar-refractivity contribution is 0.101. The van der Waals surface area contributed by atoms with Gasteiger partial charge in [0.05, 0.1) is 31.5 Å². The number of anilines is 1. The average molecular weight is 326 g/mol. The Kier molecular flexibility index (Phi) is 3.84. The van der Waals surface area contributed by atoms with Crippen LogP contribution >= 0.6 is 0 Å². The summed E-state index contributed by atoms with van der Waals surface area (Å²) in [6.07, 6.45) is 3.40. The van der Waals surface area contributed by atoms with Crippen LogP contribution in [0.25, 0.3) is 0 Å². The van der Waals surface area contributed by atoms with Crippen LogP contribution in [0.4, 0.5) is 5.82 Å². The van der Waals surface area contributed by atoms with Crippen LogP contribution in [0, 0.1) is 18.8 Å². The first-order valence-corrected chi connectivity index (χ1v) is 8.43. The quantitative estimate of drug-likeness (QED) is 0.804. The zero-order chi connectivity index (χ0) is 16.7. The number of aryl methyl sites for hydroxylation is 1. The topological polar surface area (TPSA) is 60.2 Å². The van der Waals surface area contributed by atoms with E-state index in [2.05, 4.69) is 22.1 Å². The molecule has 4 heterocycles. The number of ether oxygens (including phenoxy) is 1. The lowest BCUT2D eigenvalue weighted by Gasteiger charge is -2.19. The van der Waals surface area contributed by atoms with Gasteiger partial charge in [-0.25, -0.2) is 4.98 Å². The summed E-state index contributed by atoms with van der Waals surface area (Å²) >= 11 is 0. The van der Waals surface area contributed by atoms with E-state index in [1.54, 1.807) is 24.0 Å². The molecule has 24 heavy (non-hydrogen) atoms. The van der Waals surface area contributed by atoms with Crippen LogP contribution < -0.4 is 4.90 Å². The number of ketones is 1. The van der Waals surface area contributed by atoms with Gasteiger partial charge in [0.15, 0.2) is 5.78 Å². The molecule has 2 aliphatic heterocycles. The first kappa shape index (κ1) is 15.3. The number of nitrogens with zero attached hydrogens (tertiary/aromatic N) is 4. The van der Waals surface area contributed by atoms with Gasteiger partial charge in [0.1, 0.15) is 5.82 Å². The Bertz CT molecular complexity index is 758. The Morgan fingerprint density at radius 1 is 1.29 bits per heavy atom. The molecule has 126 valence electrons. The van der Waals surface area contributed by atoms with Crippen molar-refractivity contribution in [3.8, 4) is 0 Å². The second-order valence-electron chi connectivity index (χ2n) is 6.86. The highest BCUT2D eigenvalue weighted by molar-refractivity contribution is 5.93. The van der Waals surface area contributed by atoms with E-state index in [4.69, 9.17) is 9.72 Å². The second kappa shape index (κ2) is 6.02. The fraction of sp³-hybridized carbons (Fsp3) is 0.500. The molecule has 6 heteroatoms. The van der Waals surface area contributed by atoms with Gasteiger partial charge in [-0.2, -0.15) is 5.10 Å². The smallest absolute Gasteiger partial charge is 0.162 e. The Morgan fingerprint density at radius 2 is 2.04 bits per heavy atom. The number of Topliss-reactive ketones (excluding diaryl/α,β-unsaturated/α-hetero) is 1. The largest absolute Gasteiger partial charge is 0.381 e. The number of hydrogen-bond donors (Lipinski definition) is 0. The van der Waals surface area contributed by atoms with E-state index in [1.165, 1.54) is 0 Å². The molecule has 0 aromatic carbocycles. The molecule has 2 aliphatic rings. The summed E-state index contributed by atoms with van der Waals surface area (Å²) < 4.78 is 7.33. The van der Waals surface area contributed by atoms with Gasteiger partial charge in [0.2, 0.25) is 0 Å². The van der Waals surface area contributed by atoms with Crippen LogP contribution in [0.3, 0.4) is 0 Å². The first-order valence-electron chi connectivity index (χ1n) is 8.43. The van der Waals surface area contributed by atoms with Crippen molar-refractivity contribution in [2.75, 3.05) is 31.2 Å². The summed E-state index contributed by atoms with van der Waals surface area (Å²) in [6.45, 7) is 8.07. The van der Waals surface area contributed by atoms with Crippen LogP contribution in [-0.4, -0.2) is 46.9 Å². The number of aromatic nitrogens is 3. The summed E-state index contributed by atoms with van der Waals surface area (Å²) in [6, 6.07) is 4.22. The highest BCUT2D eigenvalue weighted by atomic mass is 16.5. The van der Waals surface area contributed by atoms with E-state index in [0.29, 0.717) is 23.9 Å². The van der Waals surface area contributed by atoms with E-state index in [-0.39, 0.29) is 5.78 Å².